The molecule has 1 saturated heterocycles. The van der Waals surface area contributed by atoms with Crippen LogP contribution in [-0.2, 0) is 0 Å². The van der Waals surface area contributed by atoms with Gasteiger partial charge in [0.25, 0.3) is 5.91 Å². The Hall–Kier alpha value is -2.14. The first kappa shape index (κ1) is 17.7. The van der Waals surface area contributed by atoms with Crippen LogP contribution in [0.3, 0.4) is 0 Å². The number of rotatable bonds is 3. The van der Waals surface area contributed by atoms with Crippen molar-refractivity contribution in [1.82, 2.24) is 9.97 Å². The van der Waals surface area contributed by atoms with Gasteiger partial charge in [0, 0.05) is 29.5 Å². The summed E-state index contributed by atoms with van der Waals surface area (Å²) < 4.78 is 0. The third-order valence-corrected chi connectivity index (χ3v) is 4.94. The van der Waals surface area contributed by atoms with Crippen molar-refractivity contribution in [2.45, 2.75) is 33.6 Å². The first-order valence-electron chi connectivity index (χ1n) is 8.61. The van der Waals surface area contributed by atoms with Crippen molar-refractivity contribution in [3.63, 3.8) is 0 Å². The second-order valence-corrected chi connectivity index (χ2v) is 7.16. The molecule has 1 unspecified atom stereocenters. The molecular weight excluding hydrogens is 336 g/mol. The van der Waals surface area contributed by atoms with Gasteiger partial charge in [0.2, 0.25) is 5.95 Å². The summed E-state index contributed by atoms with van der Waals surface area (Å²) in [5, 5.41) is 3.53. The number of amides is 1. The molecule has 1 aromatic heterocycles. The van der Waals surface area contributed by atoms with Crippen LogP contribution in [0, 0.1) is 19.8 Å². The van der Waals surface area contributed by atoms with E-state index in [1.807, 2.05) is 26.0 Å². The summed E-state index contributed by atoms with van der Waals surface area (Å²) in [6, 6.07) is 7.17. The Balaban J connectivity index is 1.84. The van der Waals surface area contributed by atoms with E-state index in [-0.39, 0.29) is 5.91 Å². The number of hydrogen-bond donors (Lipinski definition) is 1. The van der Waals surface area contributed by atoms with E-state index in [1.165, 1.54) is 6.42 Å². The molecule has 3 rings (SSSR count). The molecule has 1 aliphatic rings. The van der Waals surface area contributed by atoms with Gasteiger partial charge in [-0.2, -0.15) is 0 Å². The molecule has 1 aromatic carbocycles. The molecule has 132 valence electrons. The summed E-state index contributed by atoms with van der Waals surface area (Å²) in [5.41, 5.74) is 2.70. The lowest BCUT2D eigenvalue weighted by Crippen LogP contribution is -2.36. The Morgan fingerprint density at radius 3 is 2.88 bits per heavy atom. The van der Waals surface area contributed by atoms with E-state index >= 15 is 0 Å². The second-order valence-electron chi connectivity index (χ2n) is 6.75. The highest BCUT2D eigenvalue weighted by atomic mass is 35.5. The maximum absolute atomic E-state index is 12.7. The van der Waals surface area contributed by atoms with Crippen LogP contribution in [0.2, 0.25) is 5.02 Å². The molecule has 0 bridgehead atoms. The van der Waals surface area contributed by atoms with Gasteiger partial charge in [-0.15, -0.1) is 0 Å². The number of hydrogen-bond acceptors (Lipinski definition) is 4. The molecule has 0 spiro atoms. The highest BCUT2D eigenvalue weighted by molar-refractivity contribution is 6.31. The second kappa shape index (κ2) is 7.40. The van der Waals surface area contributed by atoms with E-state index in [0.717, 1.165) is 30.8 Å². The van der Waals surface area contributed by atoms with Crippen molar-refractivity contribution in [2.24, 2.45) is 5.92 Å². The molecule has 5 nitrogen and oxygen atoms in total. The molecule has 1 fully saturated rings. The summed E-state index contributed by atoms with van der Waals surface area (Å²) in [4.78, 5) is 23.9. The number of nitrogens with one attached hydrogen (secondary N) is 1. The fourth-order valence-corrected chi connectivity index (χ4v) is 3.29. The summed E-state index contributed by atoms with van der Waals surface area (Å²) in [7, 11) is 0. The van der Waals surface area contributed by atoms with Gasteiger partial charge in [0.15, 0.2) is 0 Å². The molecule has 0 saturated carbocycles. The van der Waals surface area contributed by atoms with E-state index < -0.39 is 0 Å². The number of aromatic nitrogens is 2. The zero-order valence-corrected chi connectivity index (χ0v) is 15.6. The molecule has 1 amide bonds. The normalized spacial score (nSPS) is 17.4. The van der Waals surface area contributed by atoms with Crippen LogP contribution < -0.4 is 10.2 Å². The van der Waals surface area contributed by atoms with Crippen LogP contribution in [0.4, 0.5) is 11.6 Å². The molecule has 1 aliphatic heterocycles. The molecule has 0 radical (unpaired) electrons. The average molecular weight is 359 g/mol. The van der Waals surface area contributed by atoms with Crippen LogP contribution >= 0.6 is 11.6 Å². The fourth-order valence-electron chi connectivity index (χ4n) is 3.11. The van der Waals surface area contributed by atoms with Crippen molar-refractivity contribution in [2.75, 3.05) is 23.3 Å². The number of nitrogens with zero attached hydrogens (tertiary/aromatic N) is 3. The summed E-state index contributed by atoms with van der Waals surface area (Å²) >= 11 is 6.13. The van der Waals surface area contributed by atoms with Crippen LogP contribution in [0.25, 0.3) is 0 Å². The van der Waals surface area contributed by atoms with Gasteiger partial charge in [-0.05, 0) is 56.4 Å². The van der Waals surface area contributed by atoms with Gasteiger partial charge in [0.1, 0.15) is 5.69 Å². The third-order valence-electron chi connectivity index (χ3n) is 4.53. The van der Waals surface area contributed by atoms with Crippen LogP contribution in [0.5, 0.6) is 0 Å². The summed E-state index contributed by atoms with van der Waals surface area (Å²) in [5.74, 6) is 1.01. The smallest absolute Gasteiger partial charge is 0.274 e. The summed E-state index contributed by atoms with van der Waals surface area (Å²) in [6.07, 6.45) is 2.35. The van der Waals surface area contributed by atoms with E-state index in [2.05, 4.69) is 27.1 Å². The minimum Gasteiger partial charge on any atom is -0.341 e. The predicted octanol–water partition coefficient (Wildman–Crippen LogP) is 4.24. The standard InChI is InChI=1S/C19H23ClN4O/c1-12-6-5-9-24(11-12)19-21-13(2)10-17(23-19)18(25)22-16-8-4-7-15(20)14(16)3/h4,7-8,10,12H,5-6,9,11H2,1-3H3,(H,22,25). The van der Waals surface area contributed by atoms with Crippen molar-refractivity contribution in [3.8, 4) is 0 Å². The topological polar surface area (TPSA) is 58.1 Å². The van der Waals surface area contributed by atoms with Gasteiger partial charge in [-0.1, -0.05) is 24.6 Å². The predicted molar refractivity (Wildman–Crippen MR) is 102 cm³/mol. The lowest BCUT2D eigenvalue weighted by molar-refractivity contribution is 0.102. The average Bonchev–Trinajstić information content (AvgIpc) is 2.58. The number of halogens is 1. The maximum Gasteiger partial charge on any atom is 0.274 e. The van der Waals surface area contributed by atoms with Crippen molar-refractivity contribution < 1.29 is 4.79 Å². The number of carbonyl (C=O) groups excluding carboxylic acids is 1. The Kier molecular flexibility index (Phi) is 5.23. The zero-order chi connectivity index (χ0) is 18.0. The van der Waals surface area contributed by atoms with Gasteiger partial charge in [-0.3, -0.25) is 4.79 Å². The van der Waals surface area contributed by atoms with E-state index in [0.29, 0.717) is 28.3 Å². The number of aryl methyl sites for hydroxylation is 1. The van der Waals surface area contributed by atoms with Gasteiger partial charge >= 0.3 is 0 Å². The van der Waals surface area contributed by atoms with Crippen molar-refractivity contribution in [3.05, 3.63) is 46.2 Å². The molecule has 2 heterocycles. The molecular formula is C19H23ClN4O. The molecule has 0 aliphatic carbocycles. The third kappa shape index (κ3) is 4.10. The van der Waals surface area contributed by atoms with Crippen molar-refractivity contribution >= 4 is 29.1 Å². The minimum atomic E-state index is -0.248. The lowest BCUT2D eigenvalue weighted by atomic mass is 10.0. The van der Waals surface area contributed by atoms with E-state index in [1.54, 1.807) is 12.1 Å². The number of benzene rings is 1. The maximum atomic E-state index is 12.7. The summed E-state index contributed by atoms with van der Waals surface area (Å²) in [6.45, 7) is 7.86. The first-order chi connectivity index (χ1) is 11.9. The minimum absolute atomic E-state index is 0.248. The van der Waals surface area contributed by atoms with E-state index in [9.17, 15) is 4.79 Å². The van der Waals surface area contributed by atoms with Gasteiger partial charge in [0.05, 0.1) is 0 Å². The molecule has 25 heavy (non-hydrogen) atoms. The molecule has 6 heteroatoms. The first-order valence-corrected chi connectivity index (χ1v) is 8.99. The highest BCUT2D eigenvalue weighted by Crippen LogP contribution is 2.24. The van der Waals surface area contributed by atoms with Crippen LogP contribution in [0.1, 0.15) is 41.5 Å². The van der Waals surface area contributed by atoms with Gasteiger partial charge < -0.3 is 10.2 Å². The largest absolute Gasteiger partial charge is 0.341 e. The molecule has 1 N–H and O–H groups in total. The quantitative estimate of drug-likeness (QED) is 0.891. The number of carbonyl (C=O) groups is 1. The molecule has 1 atom stereocenters. The zero-order valence-electron chi connectivity index (χ0n) is 14.8. The molecule has 2 aromatic rings. The fraction of sp³-hybridized carbons (Fsp3) is 0.421. The van der Waals surface area contributed by atoms with Gasteiger partial charge in [-0.25, -0.2) is 9.97 Å². The monoisotopic (exact) mass is 358 g/mol. The Morgan fingerprint density at radius 1 is 1.32 bits per heavy atom. The Morgan fingerprint density at radius 2 is 2.12 bits per heavy atom. The lowest BCUT2D eigenvalue weighted by Gasteiger charge is -2.31. The van der Waals surface area contributed by atoms with E-state index in [4.69, 9.17) is 11.6 Å². The number of anilines is 2. The number of piperidine rings is 1. The Labute approximate surface area is 153 Å². The van der Waals surface area contributed by atoms with Crippen LogP contribution in [0.15, 0.2) is 24.3 Å². The highest BCUT2D eigenvalue weighted by Gasteiger charge is 2.21. The van der Waals surface area contributed by atoms with Crippen LogP contribution in [-0.4, -0.2) is 29.0 Å². The van der Waals surface area contributed by atoms with Crippen molar-refractivity contribution in [1.29, 1.82) is 0 Å². The SMILES string of the molecule is Cc1cc(C(=O)Nc2cccc(Cl)c2C)nc(N2CCCC(C)C2)n1. The Bertz CT molecular complexity index is 793.